The van der Waals surface area contributed by atoms with E-state index in [4.69, 9.17) is 25.8 Å². The lowest BCUT2D eigenvalue weighted by atomic mass is 10.1. The van der Waals surface area contributed by atoms with Crippen LogP contribution in [0.1, 0.15) is 26.3 Å². The number of ether oxygens (including phenoxy) is 3. The van der Waals surface area contributed by atoms with Crippen molar-refractivity contribution in [3.63, 3.8) is 0 Å². The standard InChI is InChI=1S/C22H17ClN2O5/c23-16-8-10-17(11-9-16)28-12-14-4-6-15(7-5-14)21(26)24-25-22(27)18-2-1-3-19-20(18)30-13-29-19/h1-11H,12-13H2,(H,24,26)(H,25,27). The second-order valence-corrected chi connectivity index (χ2v) is 6.82. The third-order valence-electron chi connectivity index (χ3n) is 4.37. The first-order valence-electron chi connectivity index (χ1n) is 9.07. The van der Waals surface area contributed by atoms with Crippen molar-refractivity contribution in [3.05, 3.63) is 88.4 Å². The van der Waals surface area contributed by atoms with E-state index >= 15 is 0 Å². The van der Waals surface area contributed by atoms with Crippen molar-refractivity contribution in [2.24, 2.45) is 0 Å². The topological polar surface area (TPSA) is 85.9 Å². The molecule has 1 aliphatic rings. The molecule has 152 valence electrons. The molecule has 0 fully saturated rings. The van der Waals surface area contributed by atoms with Crippen molar-refractivity contribution in [1.29, 1.82) is 0 Å². The van der Waals surface area contributed by atoms with Crippen LogP contribution in [0, 0.1) is 0 Å². The van der Waals surface area contributed by atoms with Crippen LogP contribution in [0.5, 0.6) is 17.2 Å². The summed E-state index contributed by atoms with van der Waals surface area (Å²) < 4.78 is 16.2. The Kier molecular flexibility index (Phi) is 5.72. The van der Waals surface area contributed by atoms with Gasteiger partial charge in [0.2, 0.25) is 6.79 Å². The van der Waals surface area contributed by atoms with E-state index in [1.165, 1.54) is 0 Å². The normalized spacial score (nSPS) is 11.6. The van der Waals surface area contributed by atoms with Crippen LogP contribution in [0.4, 0.5) is 0 Å². The average Bonchev–Trinajstić information content (AvgIpc) is 3.26. The number of fused-ring (bicyclic) bond motifs is 1. The van der Waals surface area contributed by atoms with Crippen molar-refractivity contribution in [2.75, 3.05) is 6.79 Å². The molecule has 0 spiro atoms. The van der Waals surface area contributed by atoms with Gasteiger partial charge in [0.1, 0.15) is 12.4 Å². The molecule has 0 atom stereocenters. The number of carbonyl (C=O) groups excluding carboxylic acids is 2. The van der Waals surface area contributed by atoms with Gasteiger partial charge in [0.15, 0.2) is 11.5 Å². The molecule has 3 aromatic rings. The second-order valence-electron chi connectivity index (χ2n) is 6.39. The van der Waals surface area contributed by atoms with Crippen LogP contribution in [0.2, 0.25) is 5.02 Å². The summed E-state index contributed by atoms with van der Waals surface area (Å²) in [6.07, 6.45) is 0. The van der Waals surface area contributed by atoms with E-state index in [-0.39, 0.29) is 12.4 Å². The van der Waals surface area contributed by atoms with Crippen molar-refractivity contribution >= 4 is 23.4 Å². The van der Waals surface area contributed by atoms with Gasteiger partial charge in [-0.05, 0) is 54.1 Å². The van der Waals surface area contributed by atoms with Gasteiger partial charge >= 0.3 is 0 Å². The molecule has 0 aromatic heterocycles. The van der Waals surface area contributed by atoms with Crippen molar-refractivity contribution in [1.82, 2.24) is 10.9 Å². The first-order chi connectivity index (χ1) is 14.6. The van der Waals surface area contributed by atoms with Gasteiger partial charge in [0.05, 0.1) is 5.56 Å². The zero-order valence-electron chi connectivity index (χ0n) is 15.7. The second kappa shape index (κ2) is 8.75. The number of benzene rings is 3. The Morgan fingerprint density at radius 2 is 1.63 bits per heavy atom. The van der Waals surface area contributed by atoms with Gasteiger partial charge < -0.3 is 14.2 Å². The highest BCUT2D eigenvalue weighted by Gasteiger charge is 2.22. The minimum atomic E-state index is -0.501. The van der Waals surface area contributed by atoms with E-state index in [0.717, 1.165) is 5.56 Å². The van der Waals surface area contributed by atoms with E-state index in [9.17, 15) is 9.59 Å². The summed E-state index contributed by atoms with van der Waals surface area (Å²) in [5, 5.41) is 0.641. The van der Waals surface area contributed by atoms with Gasteiger partial charge in [-0.25, -0.2) is 0 Å². The van der Waals surface area contributed by atoms with Gasteiger partial charge in [0, 0.05) is 10.6 Å². The SMILES string of the molecule is O=C(NNC(=O)c1cccc2c1OCO2)c1ccc(COc2ccc(Cl)cc2)cc1. The molecule has 30 heavy (non-hydrogen) atoms. The number of carbonyl (C=O) groups is 2. The van der Waals surface area contributed by atoms with E-state index in [1.807, 2.05) is 0 Å². The van der Waals surface area contributed by atoms with E-state index in [2.05, 4.69) is 10.9 Å². The molecule has 8 heteroatoms. The van der Waals surface area contributed by atoms with Crippen LogP contribution in [0.15, 0.2) is 66.7 Å². The molecule has 0 radical (unpaired) electrons. The van der Waals surface area contributed by atoms with Gasteiger partial charge in [0.25, 0.3) is 11.8 Å². The summed E-state index contributed by atoms with van der Waals surface area (Å²) in [7, 11) is 0. The number of hydrazine groups is 1. The van der Waals surface area contributed by atoms with Crippen LogP contribution in [-0.4, -0.2) is 18.6 Å². The number of rotatable bonds is 5. The fourth-order valence-electron chi connectivity index (χ4n) is 2.81. The van der Waals surface area contributed by atoms with Gasteiger partial charge in [-0.1, -0.05) is 29.8 Å². The third-order valence-corrected chi connectivity index (χ3v) is 4.62. The minimum Gasteiger partial charge on any atom is -0.489 e. The maximum atomic E-state index is 12.3. The Morgan fingerprint density at radius 1 is 0.900 bits per heavy atom. The Balaban J connectivity index is 1.31. The molecule has 4 rings (SSSR count). The fraction of sp³-hybridized carbons (Fsp3) is 0.0909. The predicted molar refractivity (Wildman–Crippen MR) is 110 cm³/mol. The van der Waals surface area contributed by atoms with E-state index in [0.29, 0.717) is 34.4 Å². The molecular formula is C22H17ClN2O5. The summed E-state index contributed by atoms with van der Waals surface area (Å²) >= 11 is 5.85. The maximum absolute atomic E-state index is 12.3. The van der Waals surface area contributed by atoms with Crippen LogP contribution < -0.4 is 25.1 Å². The van der Waals surface area contributed by atoms with Gasteiger partial charge in [-0.15, -0.1) is 0 Å². The summed E-state index contributed by atoms with van der Waals surface area (Å²) in [4.78, 5) is 24.7. The molecule has 2 amide bonds. The van der Waals surface area contributed by atoms with Gasteiger partial charge in [-0.3, -0.25) is 20.4 Å². The monoisotopic (exact) mass is 424 g/mol. The number of halogens is 1. The molecule has 0 saturated heterocycles. The molecule has 0 unspecified atom stereocenters. The Hall–Kier alpha value is -3.71. The van der Waals surface area contributed by atoms with Crippen LogP contribution in [-0.2, 0) is 6.61 Å². The summed E-state index contributed by atoms with van der Waals surface area (Å²) in [5.74, 6) is 0.599. The summed E-state index contributed by atoms with van der Waals surface area (Å²) in [5.41, 5.74) is 6.34. The lowest BCUT2D eigenvalue weighted by Gasteiger charge is -2.10. The Bertz CT molecular complexity index is 1070. The molecule has 0 saturated carbocycles. The quantitative estimate of drug-likeness (QED) is 0.610. The molecule has 3 aromatic carbocycles. The average molecular weight is 425 g/mol. The first kappa shape index (κ1) is 19.6. The van der Waals surface area contributed by atoms with E-state index < -0.39 is 11.8 Å². The largest absolute Gasteiger partial charge is 0.489 e. The fourth-order valence-corrected chi connectivity index (χ4v) is 2.94. The number of nitrogens with one attached hydrogen (secondary N) is 2. The third kappa shape index (κ3) is 4.47. The Morgan fingerprint density at radius 3 is 2.40 bits per heavy atom. The van der Waals surface area contributed by atoms with Crippen LogP contribution in [0.3, 0.4) is 0 Å². The zero-order chi connectivity index (χ0) is 20.9. The molecule has 1 heterocycles. The van der Waals surface area contributed by atoms with E-state index in [1.54, 1.807) is 66.7 Å². The highest BCUT2D eigenvalue weighted by molar-refractivity contribution is 6.30. The van der Waals surface area contributed by atoms with Crippen LogP contribution in [0.25, 0.3) is 0 Å². The molecule has 7 nitrogen and oxygen atoms in total. The van der Waals surface area contributed by atoms with Crippen LogP contribution >= 0.6 is 11.6 Å². The zero-order valence-corrected chi connectivity index (χ0v) is 16.4. The lowest BCUT2D eigenvalue weighted by molar-refractivity contribution is 0.0844. The smallest absolute Gasteiger partial charge is 0.273 e. The number of amides is 2. The maximum Gasteiger partial charge on any atom is 0.273 e. The van der Waals surface area contributed by atoms with Crippen molar-refractivity contribution in [2.45, 2.75) is 6.61 Å². The number of hydrogen-bond acceptors (Lipinski definition) is 5. The molecule has 2 N–H and O–H groups in total. The molecular weight excluding hydrogens is 408 g/mol. The Labute approximate surface area is 177 Å². The summed E-state index contributed by atoms with van der Waals surface area (Å²) in [6, 6.07) is 18.9. The molecule has 0 bridgehead atoms. The lowest BCUT2D eigenvalue weighted by Crippen LogP contribution is -2.41. The molecule has 0 aliphatic carbocycles. The first-order valence-corrected chi connectivity index (χ1v) is 9.44. The predicted octanol–water partition coefficient (Wildman–Crippen LogP) is 3.72. The van der Waals surface area contributed by atoms with Gasteiger partial charge in [-0.2, -0.15) is 0 Å². The molecule has 1 aliphatic heterocycles. The minimum absolute atomic E-state index is 0.0556. The van der Waals surface area contributed by atoms with Crippen molar-refractivity contribution < 1.29 is 23.8 Å². The summed E-state index contributed by atoms with van der Waals surface area (Å²) in [6.45, 7) is 0.404. The highest BCUT2D eigenvalue weighted by atomic mass is 35.5. The number of para-hydroxylation sites is 1. The van der Waals surface area contributed by atoms with Crippen molar-refractivity contribution in [3.8, 4) is 17.2 Å². The number of hydrogen-bond donors (Lipinski definition) is 2. The highest BCUT2D eigenvalue weighted by Crippen LogP contribution is 2.35.